The molecule has 11 aromatic rings. The number of furan rings is 1. The highest BCUT2D eigenvalue weighted by Crippen LogP contribution is 2.48. The third-order valence-electron chi connectivity index (χ3n) is 15.6. The Morgan fingerprint density at radius 1 is 0.382 bits per heavy atom. The van der Waals surface area contributed by atoms with E-state index in [1.807, 2.05) is 0 Å². The van der Waals surface area contributed by atoms with Crippen molar-refractivity contribution in [1.82, 2.24) is 0 Å². The summed E-state index contributed by atoms with van der Waals surface area (Å²) >= 11 is 0. The molecule has 0 bridgehead atoms. The number of hydrogen-bond acceptors (Lipinski definition) is 3. The number of nitrogens with zero attached hydrogens (tertiary/aromatic N) is 1. The van der Waals surface area contributed by atoms with Crippen molar-refractivity contribution in [3.8, 4) is 55.6 Å². The van der Waals surface area contributed by atoms with Crippen LogP contribution in [-0.4, -0.2) is 7.28 Å². The molecule has 1 aromatic heterocycles. The molecular weight excluding hydrogens is 920 g/mol. The number of anilines is 5. The van der Waals surface area contributed by atoms with Crippen LogP contribution in [0.3, 0.4) is 0 Å². The Labute approximate surface area is 450 Å². The molecule has 372 valence electrons. The minimum atomic E-state index is -0.0710. The van der Waals surface area contributed by atoms with Gasteiger partial charge in [0.2, 0.25) is 0 Å². The lowest BCUT2D eigenvalue weighted by molar-refractivity contribution is 0.590. The molecule has 2 heterocycles. The number of benzene rings is 10. The van der Waals surface area contributed by atoms with Crippen molar-refractivity contribution in [2.75, 3.05) is 10.2 Å². The molecule has 0 spiro atoms. The first-order valence-corrected chi connectivity index (χ1v) is 26.9. The van der Waals surface area contributed by atoms with E-state index >= 15 is 0 Å². The Morgan fingerprint density at radius 2 is 0.895 bits per heavy atom. The van der Waals surface area contributed by atoms with Crippen LogP contribution in [0.1, 0.15) is 79.0 Å². The van der Waals surface area contributed by atoms with Gasteiger partial charge >= 0.3 is 0 Å². The Kier molecular flexibility index (Phi) is 12.0. The van der Waals surface area contributed by atoms with Crippen LogP contribution < -0.4 is 21.1 Å². The maximum atomic E-state index is 7.31. The highest BCUT2D eigenvalue weighted by molar-refractivity contribution is 6.74. The molecule has 0 saturated carbocycles. The van der Waals surface area contributed by atoms with E-state index in [0.29, 0.717) is 7.28 Å². The molecule has 4 heteroatoms. The van der Waals surface area contributed by atoms with Crippen LogP contribution in [0.4, 0.5) is 28.4 Å². The van der Waals surface area contributed by atoms with Crippen LogP contribution in [0.2, 0.25) is 0 Å². The lowest BCUT2D eigenvalue weighted by atomic mass is 9.57. The topological polar surface area (TPSA) is 28.4 Å². The minimum absolute atomic E-state index is 0.0310. The van der Waals surface area contributed by atoms with Crippen LogP contribution in [-0.2, 0) is 16.2 Å². The van der Waals surface area contributed by atoms with E-state index in [2.05, 4.69) is 291 Å². The zero-order valence-corrected chi connectivity index (χ0v) is 45.3. The fraction of sp³-hybridized carbons (Fsp3) is 0.167. The van der Waals surface area contributed by atoms with Crippen molar-refractivity contribution >= 4 is 68.6 Å². The molecule has 1 N–H and O–H groups in total. The molecule has 10 aromatic carbocycles. The molecule has 3 nitrogen and oxygen atoms in total. The predicted octanol–water partition coefficient (Wildman–Crippen LogP) is 18.7. The second-order valence-corrected chi connectivity index (χ2v) is 23.9. The van der Waals surface area contributed by atoms with Gasteiger partial charge in [-0.1, -0.05) is 226 Å². The van der Waals surface area contributed by atoms with Gasteiger partial charge in [-0.05, 0) is 144 Å². The standard InChI is InChI=1S/C72H65BN2O/c1-70(2,3)53-32-28-48(29-33-53)51-31-37-64(74-63-38-34-54(71(4,5)6)43-57(63)49-24-17-12-18-25-49)58(41-51)60-45-61-59-44-55(72(7,8)9)35-39-66(59)76-69(61)68-67(60)73-62-36-30-52(47-22-15-11-16-23-47)42-65(62)75(68)56-27-19-26-50(40-56)46-20-13-10-14-21-46/h10-45,73-74H,1-9H3. The SMILES string of the molecule is CC(C)(C)c1ccc(-c2ccc(Nc3ccc(C(C)(C)C)cc3-c3ccccc3)c(-c3cc4c(oc5ccc(C(C)(C)C)cc54)c4c3Bc3ccc(-c5ccccc5)cc3N4c3cccc(-c4ccccc4)c3)c2)cc1. The van der Waals surface area contributed by atoms with E-state index in [1.54, 1.807) is 0 Å². The zero-order chi connectivity index (χ0) is 52.5. The molecule has 12 rings (SSSR count). The van der Waals surface area contributed by atoms with Crippen molar-refractivity contribution in [1.29, 1.82) is 0 Å². The van der Waals surface area contributed by atoms with Crippen LogP contribution in [0.5, 0.6) is 0 Å². The molecule has 0 amide bonds. The van der Waals surface area contributed by atoms with Gasteiger partial charge in [0.1, 0.15) is 5.58 Å². The van der Waals surface area contributed by atoms with Crippen LogP contribution in [0.25, 0.3) is 77.6 Å². The van der Waals surface area contributed by atoms with Crippen molar-refractivity contribution in [3.63, 3.8) is 0 Å². The predicted molar refractivity (Wildman–Crippen MR) is 328 cm³/mol. The van der Waals surface area contributed by atoms with Gasteiger partial charge in [0.25, 0.3) is 0 Å². The first-order valence-electron chi connectivity index (χ1n) is 26.9. The van der Waals surface area contributed by atoms with E-state index in [9.17, 15) is 0 Å². The van der Waals surface area contributed by atoms with Gasteiger partial charge in [-0.3, -0.25) is 0 Å². The summed E-state index contributed by atoms with van der Waals surface area (Å²) in [7, 11) is 0.698. The summed E-state index contributed by atoms with van der Waals surface area (Å²) in [6.07, 6.45) is 0. The number of rotatable bonds is 8. The molecule has 0 saturated heterocycles. The van der Waals surface area contributed by atoms with Gasteiger partial charge in [0, 0.05) is 44.6 Å². The van der Waals surface area contributed by atoms with Gasteiger partial charge in [0.15, 0.2) is 12.9 Å². The summed E-state index contributed by atoms with van der Waals surface area (Å²) < 4.78 is 7.31. The number of fused-ring (bicyclic) bond motifs is 6. The Bertz CT molecular complexity index is 3960. The normalized spacial score (nSPS) is 12.6. The first kappa shape index (κ1) is 48.6. The van der Waals surface area contributed by atoms with Crippen molar-refractivity contribution in [3.05, 3.63) is 235 Å². The maximum absolute atomic E-state index is 7.31. The summed E-state index contributed by atoms with van der Waals surface area (Å²) in [4.78, 5) is 2.51. The molecule has 0 atom stereocenters. The number of hydrogen-bond donors (Lipinski definition) is 1. The van der Waals surface area contributed by atoms with Crippen LogP contribution in [0, 0.1) is 0 Å². The Balaban J connectivity index is 1.17. The third-order valence-corrected chi connectivity index (χ3v) is 15.6. The van der Waals surface area contributed by atoms with E-state index in [1.165, 1.54) is 61.0 Å². The highest BCUT2D eigenvalue weighted by Gasteiger charge is 2.34. The lowest BCUT2D eigenvalue weighted by Gasteiger charge is -2.35. The van der Waals surface area contributed by atoms with E-state index in [4.69, 9.17) is 4.42 Å². The number of nitrogens with one attached hydrogen (secondary N) is 1. The lowest BCUT2D eigenvalue weighted by Crippen LogP contribution is -2.41. The van der Waals surface area contributed by atoms with E-state index in [0.717, 1.165) is 72.6 Å². The summed E-state index contributed by atoms with van der Waals surface area (Å²) in [5.41, 5.74) is 25.0. The van der Waals surface area contributed by atoms with Crippen LogP contribution in [0.15, 0.2) is 223 Å². The monoisotopic (exact) mass is 985 g/mol. The van der Waals surface area contributed by atoms with E-state index < -0.39 is 0 Å². The fourth-order valence-corrected chi connectivity index (χ4v) is 11.2. The van der Waals surface area contributed by atoms with Crippen LogP contribution >= 0.6 is 0 Å². The molecule has 0 unspecified atom stereocenters. The van der Waals surface area contributed by atoms with Crippen molar-refractivity contribution in [2.45, 2.75) is 78.6 Å². The van der Waals surface area contributed by atoms with Gasteiger partial charge in [-0.2, -0.15) is 0 Å². The van der Waals surface area contributed by atoms with Gasteiger partial charge in [0.05, 0.1) is 5.69 Å². The van der Waals surface area contributed by atoms with Crippen molar-refractivity contribution in [2.24, 2.45) is 0 Å². The zero-order valence-electron chi connectivity index (χ0n) is 45.3. The molecule has 0 aliphatic carbocycles. The Hall–Kier alpha value is -8.34. The third kappa shape index (κ3) is 9.10. The molecule has 1 aliphatic heterocycles. The maximum Gasteiger partial charge on any atom is 0.198 e. The Morgan fingerprint density at radius 3 is 1.55 bits per heavy atom. The van der Waals surface area contributed by atoms with Gasteiger partial charge < -0.3 is 14.6 Å². The van der Waals surface area contributed by atoms with E-state index in [-0.39, 0.29) is 16.2 Å². The molecule has 76 heavy (non-hydrogen) atoms. The fourth-order valence-electron chi connectivity index (χ4n) is 11.2. The highest BCUT2D eigenvalue weighted by atomic mass is 16.3. The summed E-state index contributed by atoms with van der Waals surface area (Å²) in [6.45, 7) is 20.6. The quantitative estimate of drug-likeness (QED) is 0.154. The van der Waals surface area contributed by atoms with Crippen molar-refractivity contribution < 1.29 is 4.42 Å². The summed E-state index contributed by atoms with van der Waals surface area (Å²) in [5, 5.41) is 6.32. The summed E-state index contributed by atoms with van der Waals surface area (Å²) in [6, 6.07) is 80.8. The second kappa shape index (κ2) is 18.8. The first-order chi connectivity index (χ1) is 36.5. The molecule has 0 fully saturated rings. The molecule has 0 radical (unpaired) electrons. The van der Waals surface area contributed by atoms with Gasteiger partial charge in [-0.15, -0.1) is 0 Å². The summed E-state index contributed by atoms with van der Waals surface area (Å²) in [5.74, 6) is 0. The average Bonchev–Trinajstić information content (AvgIpc) is 3.99. The minimum Gasteiger partial charge on any atom is -0.454 e. The molecule has 1 aliphatic rings. The second-order valence-electron chi connectivity index (χ2n) is 23.9. The van der Waals surface area contributed by atoms with Gasteiger partial charge in [-0.25, -0.2) is 0 Å². The average molecular weight is 985 g/mol. The largest absolute Gasteiger partial charge is 0.454 e. The smallest absolute Gasteiger partial charge is 0.198 e. The molecular formula is C72H65BN2O.